The van der Waals surface area contributed by atoms with Crippen LogP contribution in [0.4, 0.5) is 5.69 Å². The van der Waals surface area contributed by atoms with Crippen LogP contribution in [0.15, 0.2) is 29.2 Å². The SMILES string of the molecule is C#CCN(CCC)S(=O)(=O)CCSc1cccc(N)c1. The zero-order valence-corrected chi connectivity index (χ0v) is 13.2. The maximum atomic E-state index is 12.2. The molecule has 0 unspecified atom stereocenters. The molecule has 110 valence electrons. The lowest BCUT2D eigenvalue weighted by Gasteiger charge is -2.18. The van der Waals surface area contributed by atoms with E-state index in [-0.39, 0.29) is 12.3 Å². The first-order chi connectivity index (χ1) is 9.49. The first-order valence-electron chi connectivity index (χ1n) is 6.39. The second kappa shape index (κ2) is 8.20. The van der Waals surface area contributed by atoms with E-state index in [0.29, 0.717) is 18.0 Å². The predicted molar refractivity (Wildman–Crippen MR) is 86.1 cm³/mol. The topological polar surface area (TPSA) is 63.4 Å². The van der Waals surface area contributed by atoms with Gasteiger partial charge in [-0.2, -0.15) is 4.31 Å². The first-order valence-corrected chi connectivity index (χ1v) is 8.98. The molecule has 0 aliphatic rings. The fourth-order valence-corrected chi connectivity index (χ4v) is 4.46. The summed E-state index contributed by atoms with van der Waals surface area (Å²) in [5, 5.41) is 0. The highest BCUT2D eigenvalue weighted by Gasteiger charge is 2.19. The van der Waals surface area contributed by atoms with Gasteiger partial charge < -0.3 is 5.73 Å². The molecule has 2 N–H and O–H groups in total. The molecule has 0 spiro atoms. The molecule has 20 heavy (non-hydrogen) atoms. The van der Waals surface area contributed by atoms with E-state index < -0.39 is 10.0 Å². The summed E-state index contributed by atoms with van der Waals surface area (Å²) in [4.78, 5) is 0.971. The number of benzene rings is 1. The zero-order chi connectivity index (χ0) is 15.0. The van der Waals surface area contributed by atoms with Crippen molar-refractivity contribution in [3.63, 3.8) is 0 Å². The van der Waals surface area contributed by atoms with Crippen molar-refractivity contribution >= 4 is 27.5 Å². The molecule has 0 bridgehead atoms. The Morgan fingerprint density at radius 2 is 2.20 bits per heavy atom. The Balaban J connectivity index is 2.56. The molecular weight excluding hydrogens is 292 g/mol. The van der Waals surface area contributed by atoms with E-state index in [1.807, 2.05) is 25.1 Å². The maximum Gasteiger partial charge on any atom is 0.215 e. The molecule has 0 saturated heterocycles. The van der Waals surface area contributed by atoms with Crippen LogP contribution in [0.1, 0.15) is 13.3 Å². The van der Waals surface area contributed by atoms with Crippen molar-refractivity contribution in [1.82, 2.24) is 4.31 Å². The minimum atomic E-state index is -3.29. The average molecular weight is 312 g/mol. The molecule has 0 atom stereocenters. The number of anilines is 1. The fraction of sp³-hybridized carbons (Fsp3) is 0.429. The van der Waals surface area contributed by atoms with E-state index in [1.165, 1.54) is 16.1 Å². The molecule has 0 saturated carbocycles. The Labute approximate surface area is 125 Å². The van der Waals surface area contributed by atoms with E-state index in [0.717, 1.165) is 11.3 Å². The van der Waals surface area contributed by atoms with Crippen molar-refractivity contribution in [2.45, 2.75) is 18.2 Å². The second-order valence-electron chi connectivity index (χ2n) is 4.27. The Bertz CT molecular complexity index is 565. The summed E-state index contributed by atoms with van der Waals surface area (Å²) in [5.41, 5.74) is 6.36. The van der Waals surface area contributed by atoms with Gasteiger partial charge in [-0.1, -0.05) is 18.9 Å². The minimum absolute atomic E-state index is 0.0775. The molecule has 6 heteroatoms. The van der Waals surface area contributed by atoms with Crippen LogP contribution < -0.4 is 5.73 Å². The molecule has 0 aliphatic heterocycles. The highest BCUT2D eigenvalue weighted by molar-refractivity contribution is 8.00. The van der Waals surface area contributed by atoms with Crippen LogP contribution in [0.2, 0.25) is 0 Å². The van der Waals surface area contributed by atoms with Gasteiger partial charge in [0.25, 0.3) is 0 Å². The van der Waals surface area contributed by atoms with Crippen LogP contribution in [0.25, 0.3) is 0 Å². The summed E-state index contributed by atoms with van der Waals surface area (Å²) >= 11 is 1.48. The van der Waals surface area contributed by atoms with Gasteiger partial charge in [-0.25, -0.2) is 8.42 Å². The summed E-state index contributed by atoms with van der Waals surface area (Å²) in [7, 11) is -3.29. The van der Waals surface area contributed by atoms with E-state index in [2.05, 4.69) is 5.92 Å². The number of nitrogens with two attached hydrogens (primary N) is 1. The first kappa shape index (κ1) is 16.9. The molecule has 1 rings (SSSR count). The van der Waals surface area contributed by atoms with Crippen molar-refractivity contribution in [3.05, 3.63) is 24.3 Å². The van der Waals surface area contributed by atoms with Crippen molar-refractivity contribution in [2.75, 3.05) is 30.3 Å². The van der Waals surface area contributed by atoms with Crippen LogP contribution in [0.3, 0.4) is 0 Å². The van der Waals surface area contributed by atoms with Crippen LogP contribution in [-0.2, 0) is 10.0 Å². The number of thioether (sulfide) groups is 1. The van der Waals surface area contributed by atoms with Crippen molar-refractivity contribution in [2.24, 2.45) is 0 Å². The quantitative estimate of drug-likeness (QED) is 0.453. The van der Waals surface area contributed by atoms with E-state index in [4.69, 9.17) is 12.2 Å². The van der Waals surface area contributed by atoms with Gasteiger partial charge in [0.1, 0.15) is 0 Å². The summed E-state index contributed by atoms with van der Waals surface area (Å²) in [6.45, 7) is 2.54. The third kappa shape index (κ3) is 5.45. The zero-order valence-electron chi connectivity index (χ0n) is 11.6. The van der Waals surface area contributed by atoms with Crippen LogP contribution >= 0.6 is 11.8 Å². The molecule has 0 heterocycles. The molecular formula is C14H20N2O2S2. The normalized spacial score (nSPS) is 11.4. The molecule has 0 radical (unpaired) electrons. The lowest BCUT2D eigenvalue weighted by atomic mass is 10.3. The largest absolute Gasteiger partial charge is 0.399 e. The Kier molecular flexibility index (Phi) is 6.93. The number of sulfonamides is 1. The lowest BCUT2D eigenvalue weighted by Crippen LogP contribution is -2.34. The number of hydrogen-bond acceptors (Lipinski definition) is 4. The maximum absolute atomic E-state index is 12.2. The minimum Gasteiger partial charge on any atom is -0.399 e. The highest BCUT2D eigenvalue weighted by Crippen LogP contribution is 2.20. The Morgan fingerprint density at radius 3 is 2.80 bits per heavy atom. The lowest BCUT2D eigenvalue weighted by molar-refractivity contribution is 0.447. The van der Waals surface area contributed by atoms with E-state index in [1.54, 1.807) is 6.07 Å². The van der Waals surface area contributed by atoms with E-state index in [9.17, 15) is 8.42 Å². The highest BCUT2D eigenvalue weighted by atomic mass is 32.2. The number of hydrogen-bond donors (Lipinski definition) is 1. The molecule has 0 amide bonds. The predicted octanol–water partition coefficient (Wildman–Crippen LogP) is 2.04. The van der Waals surface area contributed by atoms with Crippen LogP contribution in [0, 0.1) is 12.3 Å². The summed E-state index contributed by atoms with van der Waals surface area (Å²) < 4.78 is 25.7. The molecule has 4 nitrogen and oxygen atoms in total. The number of nitrogens with zero attached hydrogens (tertiary/aromatic N) is 1. The molecule has 0 fully saturated rings. The average Bonchev–Trinajstić information content (AvgIpc) is 2.38. The van der Waals surface area contributed by atoms with Crippen LogP contribution in [-0.4, -0.2) is 37.3 Å². The van der Waals surface area contributed by atoms with Gasteiger partial charge in [-0.15, -0.1) is 18.2 Å². The van der Waals surface area contributed by atoms with Crippen molar-refractivity contribution in [1.29, 1.82) is 0 Å². The van der Waals surface area contributed by atoms with Gasteiger partial charge in [-0.3, -0.25) is 0 Å². The second-order valence-corrected chi connectivity index (χ2v) is 7.53. The van der Waals surface area contributed by atoms with Crippen molar-refractivity contribution in [3.8, 4) is 12.3 Å². The Morgan fingerprint density at radius 1 is 1.45 bits per heavy atom. The summed E-state index contributed by atoms with van der Waals surface area (Å²) in [5.74, 6) is 2.96. The van der Waals surface area contributed by atoms with Gasteiger partial charge in [0.15, 0.2) is 0 Å². The molecule has 0 aromatic heterocycles. The van der Waals surface area contributed by atoms with Gasteiger partial charge in [0, 0.05) is 22.9 Å². The molecule has 1 aromatic carbocycles. The van der Waals surface area contributed by atoms with Gasteiger partial charge in [0.05, 0.1) is 12.3 Å². The standard InChI is InChI=1S/C14H20N2O2S2/c1-3-8-16(9-4-2)20(17,18)11-10-19-14-7-5-6-13(15)12-14/h1,5-7,12H,4,8-11,15H2,2H3. The van der Waals surface area contributed by atoms with Crippen LogP contribution in [0.5, 0.6) is 0 Å². The third-order valence-electron chi connectivity index (χ3n) is 2.60. The Hall–Kier alpha value is -1.16. The fourth-order valence-electron chi connectivity index (χ4n) is 1.67. The third-order valence-corrected chi connectivity index (χ3v) is 5.67. The van der Waals surface area contributed by atoms with Gasteiger partial charge in [-0.05, 0) is 24.6 Å². The molecule has 0 aliphatic carbocycles. The molecule has 1 aromatic rings. The monoisotopic (exact) mass is 312 g/mol. The van der Waals surface area contributed by atoms with Gasteiger partial charge >= 0.3 is 0 Å². The number of nitrogen functional groups attached to an aromatic ring is 1. The summed E-state index contributed by atoms with van der Waals surface area (Å²) in [6, 6.07) is 7.41. The number of rotatable bonds is 8. The van der Waals surface area contributed by atoms with Gasteiger partial charge in [0.2, 0.25) is 10.0 Å². The van der Waals surface area contributed by atoms with Crippen molar-refractivity contribution < 1.29 is 8.42 Å². The number of terminal acetylenes is 1. The van der Waals surface area contributed by atoms with E-state index >= 15 is 0 Å². The smallest absolute Gasteiger partial charge is 0.215 e. The summed E-state index contributed by atoms with van der Waals surface area (Å²) in [6.07, 6.45) is 5.97.